The van der Waals surface area contributed by atoms with Gasteiger partial charge in [-0.2, -0.15) is 0 Å². The molecule has 1 aromatic carbocycles. The molecule has 0 bridgehead atoms. The second-order valence-electron chi connectivity index (χ2n) is 4.96. The number of ether oxygens (including phenoxy) is 1. The van der Waals surface area contributed by atoms with Gasteiger partial charge in [-0.1, -0.05) is 23.4 Å². The first-order valence-electron chi connectivity index (χ1n) is 7.18. The van der Waals surface area contributed by atoms with Crippen molar-refractivity contribution in [3.05, 3.63) is 48.4 Å². The summed E-state index contributed by atoms with van der Waals surface area (Å²) in [5.41, 5.74) is 0.727. The van der Waals surface area contributed by atoms with E-state index in [9.17, 15) is 9.59 Å². The average Bonchev–Trinajstić information content (AvgIpc) is 3.24. The van der Waals surface area contributed by atoms with E-state index in [2.05, 4.69) is 20.3 Å². The van der Waals surface area contributed by atoms with Crippen molar-refractivity contribution in [2.24, 2.45) is 0 Å². The number of methoxy groups -OCH3 is 1. The lowest BCUT2D eigenvalue weighted by molar-refractivity contribution is -0.136. The lowest BCUT2D eigenvalue weighted by Crippen LogP contribution is -2.38. The second kappa shape index (κ2) is 6.97. The smallest absolute Gasteiger partial charge is 0.314 e. The number of benzene rings is 1. The maximum absolute atomic E-state index is 11.8. The van der Waals surface area contributed by atoms with Crippen LogP contribution in [0.5, 0.6) is 0 Å². The summed E-state index contributed by atoms with van der Waals surface area (Å²) in [7, 11) is 1.50. The normalized spacial score (nSPS) is 12.0. The number of nitrogens with one attached hydrogen (secondary N) is 2. The topological polar surface area (TPSA) is 107 Å². The van der Waals surface area contributed by atoms with Gasteiger partial charge in [-0.25, -0.2) is 0 Å². The number of anilines is 1. The molecule has 1 atom stereocenters. The zero-order chi connectivity index (χ0) is 16.9. The van der Waals surface area contributed by atoms with Crippen LogP contribution in [0.1, 0.15) is 11.9 Å². The molecule has 0 aliphatic carbocycles. The summed E-state index contributed by atoms with van der Waals surface area (Å²) in [5.74, 6) is -0.925. The molecule has 0 aliphatic heterocycles. The summed E-state index contributed by atoms with van der Waals surface area (Å²) in [6.45, 7) is 0.0847. The summed E-state index contributed by atoms with van der Waals surface area (Å²) in [4.78, 5) is 23.5. The highest BCUT2D eigenvalue weighted by Crippen LogP contribution is 2.25. The SMILES string of the molecule is CO[C@@H](CNC(=O)C(=O)Nc1ccon1)c1cc2ccccc2o1. The molecule has 124 valence electrons. The third kappa shape index (κ3) is 3.44. The Morgan fingerprint density at radius 3 is 2.79 bits per heavy atom. The van der Waals surface area contributed by atoms with Crippen LogP contribution in [0, 0.1) is 0 Å². The first-order valence-corrected chi connectivity index (χ1v) is 7.18. The van der Waals surface area contributed by atoms with E-state index >= 15 is 0 Å². The van der Waals surface area contributed by atoms with Crippen molar-refractivity contribution in [1.82, 2.24) is 10.5 Å². The van der Waals surface area contributed by atoms with Gasteiger partial charge in [-0.05, 0) is 12.1 Å². The molecule has 2 heterocycles. The summed E-state index contributed by atoms with van der Waals surface area (Å²) in [6, 6.07) is 10.8. The van der Waals surface area contributed by atoms with E-state index in [4.69, 9.17) is 9.15 Å². The molecule has 2 aromatic heterocycles. The lowest BCUT2D eigenvalue weighted by atomic mass is 10.2. The van der Waals surface area contributed by atoms with Crippen LogP contribution in [0.2, 0.25) is 0 Å². The van der Waals surface area contributed by atoms with Crippen LogP contribution >= 0.6 is 0 Å². The molecule has 0 unspecified atom stereocenters. The highest BCUT2D eigenvalue weighted by molar-refractivity contribution is 6.39. The minimum Gasteiger partial charge on any atom is -0.458 e. The summed E-state index contributed by atoms with van der Waals surface area (Å²) in [6.07, 6.45) is 0.775. The second-order valence-corrected chi connectivity index (χ2v) is 4.96. The molecule has 24 heavy (non-hydrogen) atoms. The zero-order valence-electron chi connectivity index (χ0n) is 12.8. The number of aromatic nitrogens is 1. The highest BCUT2D eigenvalue weighted by Gasteiger charge is 2.20. The molecular weight excluding hydrogens is 314 g/mol. The average molecular weight is 329 g/mol. The van der Waals surface area contributed by atoms with Gasteiger partial charge in [0.15, 0.2) is 5.82 Å². The van der Waals surface area contributed by atoms with Gasteiger partial charge >= 0.3 is 11.8 Å². The van der Waals surface area contributed by atoms with E-state index in [1.54, 1.807) is 0 Å². The Kier molecular flexibility index (Phi) is 4.57. The Balaban J connectivity index is 1.61. The monoisotopic (exact) mass is 329 g/mol. The number of furan rings is 1. The van der Waals surface area contributed by atoms with Gasteiger partial charge in [0.2, 0.25) is 0 Å². The third-order valence-corrected chi connectivity index (χ3v) is 3.38. The molecule has 2 amide bonds. The molecule has 0 spiro atoms. The van der Waals surface area contributed by atoms with Crippen LogP contribution in [-0.4, -0.2) is 30.6 Å². The number of carbonyl (C=O) groups excluding carboxylic acids is 2. The van der Waals surface area contributed by atoms with Gasteiger partial charge in [-0.3, -0.25) is 14.9 Å². The standard InChI is InChI=1S/C16H15N3O5/c1-22-13(12-8-10-4-2-3-5-11(10)24-12)9-17-15(20)16(21)18-14-6-7-23-19-14/h2-8,13H,9H2,1H3,(H,17,20)(H,18,19,21)/t13-/m0/s1. The molecule has 2 N–H and O–H groups in total. The Bertz CT molecular complexity index is 807. The minimum atomic E-state index is -0.844. The van der Waals surface area contributed by atoms with Crippen LogP contribution in [0.4, 0.5) is 5.82 Å². The van der Waals surface area contributed by atoms with Gasteiger partial charge in [0.1, 0.15) is 23.7 Å². The number of nitrogens with zero attached hydrogens (tertiary/aromatic N) is 1. The molecule has 0 fully saturated rings. The lowest BCUT2D eigenvalue weighted by Gasteiger charge is -2.13. The highest BCUT2D eigenvalue weighted by atomic mass is 16.5. The van der Waals surface area contributed by atoms with Crippen LogP contribution in [0.15, 0.2) is 51.6 Å². The fraction of sp³-hybridized carbons (Fsp3) is 0.188. The molecule has 3 aromatic rings. The molecule has 0 saturated heterocycles. The molecule has 8 heteroatoms. The number of hydrogen-bond donors (Lipinski definition) is 2. The summed E-state index contributed by atoms with van der Waals surface area (Å²) in [5, 5.41) is 9.23. The van der Waals surface area contributed by atoms with Gasteiger partial charge in [0.05, 0.1) is 6.54 Å². The molecule has 0 radical (unpaired) electrons. The van der Waals surface area contributed by atoms with Gasteiger partial charge in [-0.15, -0.1) is 0 Å². The number of amides is 2. The van der Waals surface area contributed by atoms with E-state index in [0.29, 0.717) is 5.76 Å². The Hall–Kier alpha value is -3.13. The Morgan fingerprint density at radius 2 is 2.08 bits per heavy atom. The molecule has 8 nitrogen and oxygen atoms in total. The third-order valence-electron chi connectivity index (χ3n) is 3.38. The first-order chi connectivity index (χ1) is 11.7. The summed E-state index contributed by atoms with van der Waals surface area (Å²) >= 11 is 0. The van der Waals surface area contributed by atoms with Crippen molar-refractivity contribution in [2.75, 3.05) is 19.0 Å². The van der Waals surface area contributed by atoms with Crippen LogP contribution in [-0.2, 0) is 14.3 Å². The van der Waals surface area contributed by atoms with E-state index in [1.165, 1.54) is 19.4 Å². The predicted molar refractivity (Wildman–Crippen MR) is 84.1 cm³/mol. The number of carbonyl (C=O) groups is 2. The first kappa shape index (κ1) is 15.8. The van der Waals surface area contributed by atoms with Crippen molar-refractivity contribution >= 4 is 28.6 Å². The Morgan fingerprint density at radius 1 is 1.25 bits per heavy atom. The molecule has 3 rings (SSSR count). The number of fused-ring (bicyclic) bond motifs is 1. The van der Waals surface area contributed by atoms with Crippen molar-refractivity contribution in [3.8, 4) is 0 Å². The molecule has 0 aliphatic rings. The predicted octanol–water partition coefficient (Wildman–Crippen LogP) is 1.86. The minimum absolute atomic E-state index is 0.0847. The number of para-hydroxylation sites is 1. The van der Waals surface area contributed by atoms with Crippen molar-refractivity contribution in [3.63, 3.8) is 0 Å². The van der Waals surface area contributed by atoms with Gasteiger partial charge in [0.25, 0.3) is 0 Å². The molecule has 0 saturated carbocycles. The van der Waals surface area contributed by atoms with Crippen molar-refractivity contribution in [1.29, 1.82) is 0 Å². The molecular formula is C16H15N3O5. The largest absolute Gasteiger partial charge is 0.458 e. The number of rotatable bonds is 5. The van der Waals surface area contributed by atoms with Gasteiger partial charge < -0.3 is 19.0 Å². The fourth-order valence-corrected chi connectivity index (χ4v) is 2.18. The van der Waals surface area contributed by atoms with E-state index < -0.39 is 17.9 Å². The summed E-state index contributed by atoms with van der Waals surface area (Å²) < 4.78 is 15.6. The van der Waals surface area contributed by atoms with E-state index in [0.717, 1.165) is 11.0 Å². The van der Waals surface area contributed by atoms with E-state index in [1.807, 2.05) is 30.3 Å². The van der Waals surface area contributed by atoms with E-state index in [-0.39, 0.29) is 12.4 Å². The van der Waals surface area contributed by atoms with Crippen molar-refractivity contribution < 1.29 is 23.3 Å². The quantitative estimate of drug-likeness (QED) is 0.692. The number of hydrogen-bond acceptors (Lipinski definition) is 6. The van der Waals surface area contributed by atoms with Crippen LogP contribution in [0.3, 0.4) is 0 Å². The maximum Gasteiger partial charge on any atom is 0.314 e. The van der Waals surface area contributed by atoms with Crippen molar-refractivity contribution in [2.45, 2.75) is 6.10 Å². The fourth-order valence-electron chi connectivity index (χ4n) is 2.18. The Labute approximate surface area is 136 Å². The van der Waals surface area contributed by atoms with Gasteiger partial charge in [0, 0.05) is 18.6 Å². The maximum atomic E-state index is 11.8. The zero-order valence-corrected chi connectivity index (χ0v) is 12.8. The van der Waals surface area contributed by atoms with Crippen LogP contribution in [0.25, 0.3) is 11.0 Å². The van der Waals surface area contributed by atoms with Crippen LogP contribution < -0.4 is 10.6 Å².